The predicted molar refractivity (Wildman–Crippen MR) is 147 cm³/mol. The van der Waals surface area contributed by atoms with Gasteiger partial charge in [0.25, 0.3) is 5.91 Å². The topological polar surface area (TPSA) is 59.8 Å². The number of amides is 1. The molecule has 2 heterocycles. The molecule has 0 bridgehead atoms. The lowest BCUT2D eigenvalue weighted by molar-refractivity contribution is 0.102. The second kappa shape index (κ2) is 9.42. The molecule has 3 aromatic carbocycles. The normalized spacial score (nSPS) is 11.1. The molecule has 36 heavy (non-hydrogen) atoms. The highest BCUT2D eigenvalue weighted by Gasteiger charge is 2.18. The summed E-state index contributed by atoms with van der Waals surface area (Å²) in [6.45, 7) is 10.3. The Morgan fingerprint density at radius 2 is 1.61 bits per heavy atom. The fraction of sp³-hybridized carbons (Fsp3) is 0.194. The molecule has 0 unspecified atom stereocenters. The zero-order valence-electron chi connectivity index (χ0n) is 21.4. The highest BCUT2D eigenvalue weighted by atomic mass is 16.1. The molecule has 0 saturated carbocycles. The maximum atomic E-state index is 13.6. The van der Waals surface area contributed by atoms with Gasteiger partial charge in [0, 0.05) is 16.6 Å². The predicted octanol–water partition coefficient (Wildman–Crippen LogP) is 7.14. The molecule has 5 heteroatoms. The Morgan fingerprint density at radius 1 is 0.917 bits per heavy atom. The van der Waals surface area contributed by atoms with Gasteiger partial charge in [-0.1, -0.05) is 55.0 Å². The Bertz CT molecular complexity index is 1570. The number of fused-ring (bicyclic) bond motifs is 1. The quantitative estimate of drug-likeness (QED) is 0.295. The van der Waals surface area contributed by atoms with Crippen molar-refractivity contribution in [1.82, 2.24) is 14.8 Å². The monoisotopic (exact) mass is 474 g/mol. The summed E-state index contributed by atoms with van der Waals surface area (Å²) in [5.74, 6) is -0.148. The van der Waals surface area contributed by atoms with Gasteiger partial charge in [-0.05, 0) is 75.1 Å². The van der Waals surface area contributed by atoms with Crippen LogP contribution in [0.2, 0.25) is 0 Å². The molecule has 0 spiro atoms. The minimum Gasteiger partial charge on any atom is -0.321 e. The number of para-hydroxylation sites is 1. The number of carbonyl (C=O) groups excluding carboxylic acids is 1. The molecule has 5 aromatic rings. The third-order valence-corrected chi connectivity index (χ3v) is 6.75. The van der Waals surface area contributed by atoms with Gasteiger partial charge >= 0.3 is 0 Å². The minimum absolute atomic E-state index is 0.148. The van der Waals surface area contributed by atoms with Gasteiger partial charge in [-0.25, -0.2) is 9.67 Å². The number of rotatable bonds is 5. The molecule has 0 radical (unpaired) electrons. The molecule has 0 aliphatic carbocycles. The van der Waals surface area contributed by atoms with Gasteiger partial charge in [0.15, 0.2) is 0 Å². The van der Waals surface area contributed by atoms with E-state index >= 15 is 0 Å². The second-order valence-electron chi connectivity index (χ2n) is 9.38. The smallest absolute Gasteiger partial charge is 0.256 e. The average molecular weight is 475 g/mol. The van der Waals surface area contributed by atoms with Gasteiger partial charge < -0.3 is 5.32 Å². The molecule has 1 N–H and O–H groups in total. The summed E-state index contributed by atoms with van der Waals surface area (Å²) >= 11 is 0. The molecule has 0 saturated heterocycles. The standard InChI is InChI=1S/C31H30N4O/c1-6-23-11-13-24(14-12-23)35-22(5)27(18-32-35)29-17-26(25-9-7-8-10-28(25)33-29)31(36)34-30-20(3)15-19(2)16-21(30)4/h7-18H,6H2,1-5H3,(H,34,36). The Kier molecular flexibility index (Phi) is 6.15. The highest BCUT2D eigenvalue weighted by molar-refractivity contribution is 6.13. The zero-order valence-corrected chi connectivity index (χ0v) is 21.4. The van der Waals surface area contributed by atoms with Crippen molar-refractivity contribution in [2.45, 2.75) is 41.0 Å². The number of hydrogen-bond acceptors (Lipinski definition) is 3. The van der Waals surface area contributed by atoms with Crippen molar-refractivity contribution in [2.75, 3.05) is 5.32 Å². The SMILES string of the molecule is CCc1ccc(-n2ncc(-c3cc(C(=O)Nc4c(C)cc(C)cc4C)c4ccccc4n3)c2C)cc1. The first-order valence-electron chi connectivity index (χ1n) is 12.3. The van der Waals surface area contributed by atoms with Crippen molar-refractivity contribution in [3.8, 4) is 16.9 Å². The molecule has 0 aliphatic heterocycles. The summed E-state index contributed by atoms with van der Waals surface area (Å²) in [5.41, 5.74) is 10.4. The van der Waals surface area contributed by atoms with E-state index in [0.717, 1.165) is 56.8 Å². The fourth-order valence-electron chi connectivity index (χ4n) is 4.85. The molecule has 0 fully saturated rings. The number of pyridine rings is 1. The lowest BCUT2D eigenvalue weighted by Crippen LogP contribution is -2.15. The van der Waals surface area contributed by atoms with Crippen LogP contribution in [0.1, 0.15) is 45.2 Å². The minimum atomic E-state index is -0.148. The lowest BCUT2D eigenvalue weighted by atomic mass is 10.0. The third kappa shape index (κ3) is 4.29. The van der Waals surface area contributed by atoms with Crippen molar-refractivity contribution >= 4 is 22.5 Å². The molecule has 5 rings (SSSR count). The highest BCUT2D eigenvalue weighted by Crippen LogP contribution is 2.30. The van der Waals surface area contributed by atoms with Crippen LogP contribution < -0.4 is 5.32 Å². The Balaban J connectivity index is 1.58. The first-order valence-corrected chi connectivity index (χ1v) is 12.3. The van der Waals surface area contributed by atoms with Crippen LogP contribution in [0.15, 0.2) is 72.9 Å². The molecule has 0 aliphatic rings. The van der Waals surface area contributed by atoms with Gasteiger partial charge in [-0.2, -0.15) is 5.10 Å². The average Bonchev–Trinajstić information content (AvgIpc) is 3.26. The Morgan fingerprint density at radius 3 is 2.31 bits per heavy atom. The summed E-state index contributed by atoms with van der Waals surface area (Å²) in [7, 11) is 0. The van der Waals surface area contributed by atoms with E-state index in [1.165, 1.54) is 11.1 Å². The molecule has 2 aromatic heterocycles. The van der Waals surface area contributed by atoms with Crippen LogP contribution in [-0.4, -0.2) is 20.7 Å². The van der Waals surface area contributed by atoms with Crippen LogP contribution in [0.4, 0.5) is 5.69 Å². The van der Waals surface area contributed by atoms with Crippen LogP contribution in [0.3, 0.4) is 0 Å². The van der Waals surface area contributed by atoms with E-state index in [0.29, 0.717) is 5.56 Å². The van der Waals surface area contributed by atoms with Crippen LogP contribution in [0.5, 0.6) is 0 Å². The van der Waals surface area contributed by atoms with Crippen molar-refractivity contribution in [2.24, 2.45) is 0 Å². The van der Waals surface area contributed by atoms with E-state index in [9.17, 15) is 4.79 Å². The number of aromatic nitrogens is 3. The van der Waals surface area contributed by atoms with E-state index in [1.807, 2.05) is 62.0 Å². The van der Waals surface area contributed by atoms with E-state index in [4.69, 9.17) is 4.98 Å². The van der Waals surface area contributed by atoms with E-state index in [2.05, 4.69) is 60.7 Å². The first kappa shape index (κ1) is 23.5. The van der Waals surface area contributed by atoms with Crippen molar-refractivity contribution < 1.29 is 4.79 Å². The van der Waals surface area contributed by atoms with Gasteiger partial charge in [0.1, 0.15) is 0 Å². The Labute approximate surface area is 211 Å². The lowest BCUT2D eigenvalue weighted by Gasteiger charge is -2.15. The largest absolute Gasteiger partial charge is 0.321 e. The zero-order chi connectivity index (χ0) is 25.4. The van der Waals surface area contributed by atoms with E-state index in [1.54, 1.807) is 0 Å². The van der Waals surface area contributed by atoms with Gasteiger partial charge in [-0.3, -0.25) is 4.79 Å². The fourth-order valence-corrected chi connectivity index (χ4v) is 4.85. The van der Waals surface area contributed by atoms with E-state index < -0.39 is 0 Å². The molecule has 1 amide bonds. The molecule has 5 nitrogen and oxygen atoms in total. The Hall–Kier alpha value is -4.25. The molecular weight excluding hydrogens is 444 g/mol. The third-order valence-electron chi connectivity index (χ3n) is 6.75. The van der Waals surface area contributed by atoms with Crippen LogP contribution >= 0.6 is 0 Å². The molecular formula is C31H30N4O. The second-order valence-corrected chi connectivity index (χ2v) is 9.38. The number of hydrogen-bond donors (Lipinski definition) is 1. The van der Waals surface area contributed by atoms with Gasteiger partial charge in [0.05, 0.1) is 34.4 Å². The first-order chi connectivity index (χ1) is 17.4. The maximum Gasteiger partial charge on any atom is 0.256 e. The van der Waals surface area contributed by atoms with Gasteiger partial charge in [-0.15, -0.1) is 0 Å². The number of nitrogens with zero attached hydrogens (tertiary/aromatic N) is 3. The number of nitrogens with one attached hydrogen (secondary N) is 1. The summed E-state index contributed by atoms with van der Waals surface area (Å²) in [5, 5.41) is 8.63. The maximum absolute atomic E-state index is 13.6. The molecule has 0 atom stereocenters. The summed E-state index contributed by atoms with van der Waals surface area (Å²) in [6.07, 6.45) is 2.83. The summed E-state index contributed by atoms with van der Waals surface area (Å²) in [6, 6.07) is 22.3. The van der Waals surface area contributed by atoms with Crippen LogP contribution in [0, 0.1) is 27.7 Å². The van der Waals surface area contributed by atoms with Gasteiger partial charge in [0.2, 0.25) is 0 Å². The van der Waals surface area contributed by atoms with Crippen LogP contribution in [-0.2, 0) is 6.42 Å². The van der Waals surface area contributed by atoms with Crippen molar-refractivity contribution in [3.05, 3.63) is 106 Å². The molecule has 180 valence electrons. The number of benzene rings is 3. The van der Waals surface area contributed by atoms with Crippen molar-refractivity contribution in [3.63, 3.8) is 0 Å². The summed E-state index contributed by atoms with van der Waals surface area (Å²) in [4.78, 5) is 18.5. The number of carbonyl (C=O) groups is 1. The summed E-state index contributed by atoms with van der Waals surface area (Å²) < 4.78 is 1.92. The van der Waals surface area contributed by atoms with Crippen molar-refractivity contribution in [1.29, 1.82) is 0 Å². The van der Waals surface area contributed by atoms with Crippen LogP contribution in [0.25, 0.3) is 27.8 Å². The number of aryl methyl sites for hydroxylation is 4. The number of anilines is 1. The van der Waals surface area contributed by atoms with E-state index in [-0.39, 0.29) is 5.91 Å².